The molecular formula is C14H18ClN3O4S. The van der Waals surface area contributed by atoms with Gasteiger partial charge in [0.25, 0.3) is 0 Å². The maximum absolute atomic E-state index is 12.8. The van der Waals surface area contributed by atoms with Crippen LogP contribution >= 0.6 is 12.4 Å². The molecule has 0 saturated carbocycles. The summed E-state index contributed by atoms with van der Waals surface area (Å²) in [5.74, 6) is -1.06. The molecule has 0 spiro atoms. The fourth-order valence-corrected chi connectivity index (χ4v) is 3.84. The summed E-state index contributed by atoms with van der Waals surface area (Å²) in [5, 5.41) is 10.0. The molecular weight excluding hydrogens is 342 g/mol. The number of nitrogens with zero attached hydrogens (tertiary/aromatic N) is 2. The number of hydrogen-bond donors (Lipinski definition) is 2. The van der Waals surface area contributed by atoms with Crippen molar-refractivity contribution in [3.8, 4) is 0 Å². The first kappa shape index (κ1) is 19.3. The van der Waals surface area contributed by atoms with Crippen molar-refractivity contribution in [2.24, 2.45) is 5.73 Å². The molecule has 0 aliphatic carbocycles. The Labute approximate surface area is 140 Å². The van der Waals surface area contributed by atoms with Gasteiger partial charge in [-0.15, -0.1) is 12.4 Å². The van der Waals surface area contributed by atoms with Crippen LogP contribution in [0.15, 0.2) is 41.6 Å². The molecule has 1 aromatic carbocycles. The van der Waals surface area contributed by atoms with E-state index in [9.17, 15) is 13.2 Å². The SMILES string of the molecule is Cl.NCCN(CCC(=O)O)S(=O)(=O)c1cccc2cnccc12. The van der Waals surface area contributed by atoms with Crippen molar-refractivity contribution in [1.82, 2.24) is 9.29 Å². The Morgan fingerprint density at radius 1 is 1.26 bits per heavy atom. The van der Waals surface area contributed by atoms with Crippen LogP contribution in [0.3, 0.4) is 0 Å². The summed E-state index contributed by atoms with van der Waals surface area (Å²) in [4.78, 5) is 14.8. The van der Waals surface area contributed by atoms with Gasteiger partial charge in [0.15, 0.2) is 0 Å². The van der Waals surface area contributed by atoms with E-state index in [1.807, 2.05) is 0 Å². The van der Waals surface area contributed by atoms with Crippen molar-refractivity contribution in [1.29, 1.82) is 0 Å². The first-order valence-electron chi connectivity index (χ1n) is 6.71. The largest absolute Gasteiger partial charge is 0.481 e. The van der Waals surface area contributed by atoms with E-state index >= 15 is 0 Å². The number of carbonyl (C=O) groups is 1. The maximum atomic E-state index is 12.8. The zero-order chi connectivity index (χ0) is 16.2. The molecule has 0 unspecified atom stereocenters. The quantitative estimate of drug-likeness (QED) is 0.764. The molecule has 0 bridgehead atoms. The maximum Gasteiger partial charge on any atom is 0.304 e. The molecule has 3 N–H and O–H groups in total. The highest BCUT2D eigenvalue weighted by molar-refractivity contribution is 7.89. The predicted molar refractivity (Wildman–Crippen MR) is 89.1 cm³/mol. The number of halogens is 1. The summed E-state index contributed by atoms with van der Waals surface area (Å²) >= 11 is 0. The summed E-state index contributed by atoms with van der Waals surface area (Å²) in [6, 6.07) is 6.53. The van der Waals surface area contributed by atoms with Gasteiger partial charge in [-0.05, 0) is 12.1 Å². The molecule has 0 radical (unpaired) electrons. The number of fused-ring (bicyclic) bond motifs is 1. The van der Waals surface area contributed by atoms with Gasteiger partial charge in [-0.25, -0.2) is 8.42 Å². The second-order valence-electron chi connectivity index (χ2n) is 4.69. The van der Waals surface area contributed by atoms with E-state index in [1.54, 1.807) is 24.4 Å². The van der Waals surface area contributed by atoms with Crippen LogP contribution < -0.4 is 5.73 Å². The fraction of sp³-hybridized carbons (Fsp3) is 0.286. The molecule has 2 aromatic rings. The molecule has 0 aliphatic rings. The van der Waals surface area contributed by atoms with Crippen molar-refractivity contribution in [3.05, 3.63) is 36.7 Å². The van der Waals surface area contributed by atoms with Crippen LogP contribution in [-0.2, 0) is 14.8 Å². The molecule has 9 heteroatoms. The molecule has 0 atom stereocenters. The van der Waals surface area contributed by atoms with Crippen LogP contribution in [0.1, 0.15) is 6.42 Å². The second kappa shape index (κ2) is 8.21. The molecule has 7 nitrogen and oxygen atoms in total. The number of carboxylic acid groups (broad SMARTS) is 1. The minimum Gasteiger partial charge on any atom is -0.481 e. The van der Waals surface area contributed by atoms with Crippen molar-refractivity contribution in [2.75, 3.05) is 19.6 Å². The van der Waals surface area contributed by atoms with Gasteiger partial charge in [-0.1, -0.05) is 12.1 Å². The Kier molecular flexibility index (Phi) is 6.89. The minimum absolute atomic E-state index is 0. The minimum atomic E-state index is -3.82. The van der Waals surface area contributed by atoms with Gasteiger partial charge >= 0.3 is 5.97 Å². The molecule has 0 amide bonds. The number of aliphatic carboxylic acids is 1. The number of rotatable bonds is 7. The zero-order valence-corrected chi connectivity index (χ0v) is 13.9. The number of pyridine rings is 1. The van der Waals surface area contributed by atoms with Gasteiger partial charge in [0, 0.05) is 42.8 Å². The first-order chi connectivity index (χ1) is 10.5. The van der Waals surface area contributed by atoms with Gasteiger partial charge < -0.3 is 10.8 Å². The lowest BCUT2D eigenvalue weighted by atomic mass is 10.2. The van der Waals surface area contributed by atoms with Gasteiger partial charge in [0.1, 0.15) is 0 Å². The first-order valence-corrected chi connectivity index (χ1v) is 8.15. The van der Waals surface area contributed by atoms with Crippen LogP contribution in [-0.4, -0.2) is 48.4 Å². The summed E-state index contributed by atoms with van der Waals surface area (Å²) in [6.07, 6.45) is 2.83. The standard InChI is InChI=1S/C14H17N3O4S.ClH/c15-6-9-17(8-5-14(18)19)22(20,21)13-3-1-2-11-10-16-7-4-12(11)13;/h1-4,7,10H,5-6,8-9,15H2,(H,18,19);1H. The molecule has 23 heavy (non-hydrogen) atoms. The number of hydrogen-bond acceptors (Lipinski definition) is 5. The van der Waals surface area contributed by atoms with E-state index < -0.39 is 16.0 Å². The summed E-state index contributed by atoms with van der Waals surface area (Å²) < 4.78 is 26.7. The van der Waals surface area contributed by atoms with Crippen molar-refractivity contribution in [3.63, 3.8) is 0 Å². The van der Waals surface area contributed by atoms with E-state index in [4.69, 9.17) is 10.8 Å². The smallest absolute Gasteiger partial charge is 0.304 e. The van der Waals surface area contributed by atoms with E-state index in [-0.39, 0.29) is 43.4 Å². The average Bonchev–Trinajstić information content (AvgIpc) is 2.50. The Balaban J connectivity index is 0.00000264. The third kappa shape index (κ3) is 4.38. The van der Waals surface area contributed by atoms with E-state index in [0.29, 0.717) is 10.8 Å². The Morgan fingerprint density at radius 2 is 2.00 bits per heavy atom. The number of sulfonamides is 1. The Morgan fingerprint density at radius 3 is 2.65 bits per heavy atom. The Hall–Kier alpha value is -1.74. The number of benzene rings is 1. The summed E-state index contributed by atoms with van der Waals surface area (Å²) in [5.41, 5.74) is 5.46. The van der Waals surface area contributed by atoms with Crippen LogP contribution in [0.25, 0.3) is 10.8 Å². The Bertz CT molecular complexity index is 777. The van der Waals surface area contributed by atoms with Crippen molar-refractivity contribution < 1.29 is 18.3 Å². The summed E-state index contributed by atoms with van der Waals surface area (Å²) in [7, 11) is -3.82. The second-order valence-corrected chi connectivity index (χ2v) is 6.60. The third-order valence-corrected chi connectivity index (χ3v) is 5.17. The lowest BCUT2D eigenvalue weighted by Gasteiger charge is -2.21. The molecule has 2 rings (SSSR count). The molecule has 1 aromatic heterocycles. The average molecular weight is 360 g/mol. The van der Waals surface area contributed by atoms with Crippen LogP contribution in [0.5, 0.6) is 0 Å². The topological polar surface area (TPSA) is 114 Å². The molecule has 0 fully saturated rings. The van der Waals surface area contributed by atoms with Crippen LogP contribution in [0.4, 0.5) is 0 Å². The van der Waals surface area contributed by atoms with Crippen LogP contribution in [0, 0.1) is 0 Å². The fourth-order valence-electron chi connectivity index (χ4n) is 2.17. The summed E-state index contributed by atoms with van der Waals surface area (Å²) in [6.45, 7) is 0.0680. The lowest BCUT2D eigenvalue weighted by molar-refractivity contribution is -0.137. The van der Waals surface area contributed by atoms with E-state index in [2.05, 4.69) is 4.98 Å². The monoisotopic (exact) mass is 359 g/mol. The molecule has 0 saturated heterocycles. The molecule has 126 valence electrons. The number of aromatic nitrogens is 1. The predicted octanol–water partition coefficient (Wildman–Crippen LogP) is 1.08. The molecule has 0 aliphatic heterocycles. The highest BCUT2D eigenvalue weighted by Crippen LogP contribution is 2.25. The highest BCUT2D eigenvalue weighted by atomic mass is 35.5. The van der Waals surface area contributed by atoms with E-state index in [0.717, 1.165) is 4.31 Å². The van der Waals surface area contributed by atoms with Gasteiger partial charge in [-0.3, -0.25) is 9.78 Å². The molecule has 1 heterocycles. The van der Waals surface area contributed by atoms with Crippen molar-refractivity contribution >= 4 is 39.2 Å². The van der Waals surface area contributed by atoms with E-state index in [1.165, 1.54) is 12.3 Å². The lowest BCUT2D eigenvalue weighted by Crippen LogP contribution is -2.37. The third-order valence-electron chi connectivity index (χ3n) is 3.21. The highest BCUT2D eigenvalue weighted by Gasteiger charge is 2.26. The van der Waals surface area contributed by atoms with Gasteiger partial charge in [-0.2, -0.15) is 4.31 Å². The normalized spacial score (nSPS) is 11.4. The van der Waals surface area contributed by atoms with Gasteiger partial charge in [0.05, 0.1) is 11.3 Å². The van der Waals surface area contributed by atoms with Gasteiger partial charge in [0.2, 0.25) is 10.0 Å². The zero-order valence-electron chi connectivity index (χ0n) is 12.3. The number of nitrogens with two attached hydrogens (primary N) is 1. The number of carboxylic acids is 1. The van der Waals surface area contributed by atoms with Crippen LogP contribution in [0.2, 0.25) is 0 Å². The van der Waals surface area contributed by atoms with Crippen molar-refractivity contribution in [2.45, 2.75) is 11.3 Å².